The number of ether oxygens (including phenoxy) is 2. The molecular formula is C37H63N5O6. The summed E-state index contributed by atoms with van der Waals surface area (Å²) >= 11 is 0. The van der Waals surface area contributed by atoms with Crippen molar-refractivity contribution in [1.82, 2.24) is 25.3 Å². The van der Waals surface area contributed by atoms with Crippen molar-refractivity contribution in [2.75, 3.05) is 48.5 Å². The third kappa shape index (κ3) is 11.3. The van der Waals surface area contributed by atoms with Crippen LogP contribution in [0.1, 0.15) is 72.8 Å². The van der Waals surface area contributed by atoms with Gasteiger partial charge in [0, 0.05) is 33.9 Å². The van der Waals surface area contributed by atoms with Crippen molar-refractivity contribution < 1.29 is 28.7 Å². The van der Waals surface area contributed by atoms with Crippen molar-refractivity contribution in [3.05, 3.63) is 35.9 Å². The lowest BCUT2D eigenvalue weighted by atomic mass is 9.90. The van der Waals surface area contributed by atoms with E-state index in [9.17, 15) is 19.2 Å². The van der Waals surface area contributed by atoms with Crippen molar-refractivity contribution in [2.24, 2.45) is 17.8 Å². The van der Waals surface area contributed by atoms with Gasteiger partial charge in [-0.2, -0.15) is 0 Å². The van der Waals surface area contributed by atoms with Gasteiger partial charge in [0.15, 0.2) is 0 Å². The van der Waals surface area contributed by atoms with Crippen LogP contribution in [-0.4, -0.2) is 123 Å². The number of nitrogens with one attached hydrogen (secondary N) is 2. The highest BCUT2D eigenvalue weighted by molar-refractivity contribution is 5.87. The average molecular weight is 674 g/mol. The average Bonchev–Trinajstić information content (AvgIpc) is 3.53. The second kappa shape index (κ2) is 19.8. The van der Waals surface area contributed by atoms with E-state index < -0.39 is 24.2 Å². The smallest absolute Gasteiger partial charge is 0.242 e. The molecule has 48 heavy (non-hydrogen) atoms. The first-order chi connectivity index (χ1) is 22.7. The molecule has 272 valence electrons. The highest BCUT2D eigenvalue weighted by Gasteiger charge is 2.42. The number of benzene rings is 1. The van der Waals surface area contributed by atoms with Crippen LogP contribution in [0.2, 0.25) is 0 Å². The Hall–Kier alpha value is -3.02. The molecule has 0 radical (unpaired) electrons. The van der Waals surface area contributed by atoms with Gasteiger partial charge in [-0.15, -0.1) is 0 Å². The van der Waals surface area contributed by atoms with Crippen LogP contribution in [0.5, 0.6) is 0 Å². The monoisotopic (exact) mass is 673 g/mol. The maximum atomic E-state index is 14.0. The van der Waals surface area contributed by atoms with Crippen molar-refractivity contribution in [2.45, 2.75) is 110 Å². The first-order valence-corrected chi connectivity index (χ1v) is 17.6. The van der Waals surface area contributed by atoms with Gasteiger partial charge < -0.3 is 29.9 Å². The molecule has 1 saturated heterocycles. The quantitative estimate of drug-likeness (QED) is 0.231. The fourth-order valence-electron chi connectivity index (χ4n) is 7.24. The Morgan fingerprint density at radius 1 is 0.958 bits per heavy atom. The minimum atomic E-state index is -0.566. The van der Waals surface area contributed by atoms with E-state index in [0.29, 0.717) is 6.54 Å². The molecule has 1 aliphatic heterocycles. The van der Waals surface area contributed by atoms with E-state index in [1.54, 1.807) is 26.2 Å². The van der Waals surface area contributed by atoms with Gasteiger partial charge in [0.05, 0.1) is 49.2 Å². The molecule has 1 aromatic carbocycles. The van der Waals surface area contributed by atoms with Gasteiger partial charge >= 0.3 is 0 Å². The lowest BCUT2D eigenvalue weighted by molar-refractivity contribution is -0.146. The van der Waals surface area contributed by atoms with Crippen molar-refractivity contribution >= 4 is 23.6 Å². The Morgan fingerprint density at radius 2 is 1.60 bits per heavy atom. The normalized spacial score (nSPS) is 19.3. The van der Waals surface area contributed by atoms with E-state index in [2.05, 4.69) is 10.6 Å². The molecule has 4 amide bonds. The molecule has 2 rings (SSSR count). The van der Waals surface area contributed by atoms with E-state index in [0.717, 1.165) is 31.2 Å². The zero-order valence-corrected chi connectivity index (χ0v) is 31.3. The number of likely N-dealkylation sites (tertiary alicyclic amines) is 1. The highest BCUT2D eigenvalue weighted by atomic mass is 16.5. The van der Waals surface area contributed by atoms with Crippen molar-refractivity contribution in [3.63, 3.8) is 0 Å². The second-order valence-corrected chi connectivity index (χ2v) is 14.1. The largest absolute Gasteiger partial charge is 0.379 e. The van der Waals surface area contributed by atoms with Crippen LogP contribution in [0.25, 0.3) is 0 Å². The Kier molecular flexibility index (Phi) is 17.0. The Bertz CT molecular complexity index is 1160. The van der Waals surface area contributed by atoms with Gasteiger partial charge in [-0.1, -0.05) is 71.4 Å². The Labute approximate surface area is 289 Å². The van der Waals surface area contributed by atoms with Gasteiger partial charge in [-0.25, -0.2) is 0 Å². The molecule has 1 fully saturated rings. The van der Waals surface area contributed by atoms with Gasteiger partial charge in [0.25, 0.3) is 0 Å². The maximum Gasteiger partial charge on any atom is 0.242 e. The summed E-state index contributed by atoms with van der Waals surface area (Å²) in [7, 11) is 8.58. The van der Waals surface area contributed by atoms with Gasteiger partial charge in [0.1, 0.15) is 0 Å². The van der Waals surface area contributed by atoms with Crippen LogP contribution in [0.4, 0.5) is 0 Å². The van der Waals surface area contributed by atoms with E-state index >= 15 is 0 Å². The summed E-state index contributed by atoms with van der Waals surface area (Å²) in [6.45, 7) is 12.3. The summed E-state index contributed by atoms with van der Waals surface area (Å²) in [6.07, 6.45) is 2.07. The zero-order valence-electron chi connectivity index (χ0n) is 31.3. The van der Waals surface area contributed by atoms with Crippen LogP contribution >= 0.6 is 0 Å². The molecule has 7 unspecified atom stereocenters. The minimum absolute atomic E-state index is 0.0280. The number of carbonyl (C=O) groups excluding carboxylic acids is 4. The number of rotatable bonds is 19. The number of methoxy groups -OCH3 is 2. The fraction of sp³-hybridized carbons (Fsp3) is 0.730. The molecule has 0 aromatic heterocycles. The lowest BCUT2D eigenvalue weighted by Gasteiger charge is -2.39. The molecule has 11 nitrogen and oxygen atoms in total. The molecule has 8 atom stereocenters. The molecule has 0 bridgehead atoms. The molecule has 0 saturated carbocycles. The molecule has 1 heterocycles. The third-order valence-electron chi connectivity index (χ3n) is 9.95. The van der Waals surface area contributed by atoms with E-state index in [4.69, 9.17) is 9.47 Å². The number of nitrogens with zero attached hydrogens (tertiary/aromatic N) is 3. The number of likely N-dealkylation sites (N-methyl/N-ethyl adjacent to an activating group) is 2. The fourth-order valence-corrected chi connectivity index (χ4v) is 7.24. The Morgan fingerprint density at radius 3 is 2.15 bits per heavy atom. The first-order valence-electron chi connectivity index (χ1n) is 17.6. The van der Waals surface area contributed by atoms with Crippen LogP contribution in [-0.2, 0) is 35.1 Å². The molecule has 1 aliphatic rings. The van der Waals surface area contributed by atoms with Crippen LogP contribution < -0.4 is 10.6 Å². The van der Waals surface area contributed by atoms with Crippen LogP contribution in [0, 0.1) is 17.8 Å². The topological polar surface area (TPSA) is 121 Å². The lowest BCUT2D eigenvalue weighted by Crippen LogP contribution is -2.55. The van der Waals surface area contributed by atoms with Crippen LogP contribution in [0.15, 0.2) is 30.3 Å². The Balaban J connectivity index is 2.13. The molecule has 2 N–H and O–H groups in total. The predicted octanol–water partition coefficient (Wildman–Crippen LogP) is 3.36. The second-order valence-electron chi connectivity index (χ2n) is 14.1. The third-order valence-corrected chi connectivity index (χ3v) is 9.95. The molecule has 0 aliphatic carbocycles. The van der Waals surface area contributed by atoms with Gasteiger partial charge in [-0.3, -0.25) is 24.1 Å². The summed E-state index contributed by atoms with van der Waals surface area (Å²) in [5.74, 6) is -1.00. The molecule has 11 heteroatoms. The number of amides is 4. The van der Waals surface area contributed by atoms with Gasteiger partial charge in [0.2, 0.25) is 23.6 Å². The minimum Gasteiger partial charge on any atom is -0.379 e. The van der Waals surface area contributed by atoms with E-state index in [-0.39, 0.29) is 66.6 Å². The number of hydrogen-bond acceptors (Lipinski definition) is 7. The SMILES string of the molecule is CCC(C)C(C(CC(=O)N1CCCC1C(OC)C(C)C(=O)N[C@H](C)Cc1ccccc1)OC)N(C)C(=O)CNC(=O)C(C(C)C)N(C)C. The predicted molar refractivity (Wildman–Crippen MR) is 189 cm³/mol. The summed E-state index contributed by atoms with van der Waals surface area (Å²) in [4.78, 5) is 58.9. The summed E-state index contributed by atoms with van der Waals surface area (Å²) in [6, 6.07) is 8.99. The summed E-state index contributed by atoms with van der Waals surface area (Å²) < 4.78 is 11.9. The zero-order chi connectivity index (χ0) is 36.1. The highest BCUT2D eigenvalue weighted by Crippen LogP contribution is 2.29. The van der Waals surface area contributed by atoms with Crippen LogP contribution in [0.3, 0.4) is 0 Å². The number of carbonyl (C=O) groups is 4. The van der Waals surface area contributed by atoms with E-state index in [1.165, 1.54) is 0 Å². The summed E-state index contributed by atoms with van der Waals surface area (Å²) in [5.41, 5.74) is 1.15. The first kappa shape index (κ1) is 41.2. The molecular weight excluding hydrogens is 610 g/mol. The van der Waals surface area contributed by atoms with E-state index in [1.807, 2.05) is 95.8 Å². The molecule has 1 aromatic rings. The van der Waals surface area contributed by atoms with Crippen molar-refractivity contribution in [1.29, 1.82) is 0 Å². The maximum absolute atomic E-state index is 14.0. The standard InChI is InChI=1S/C37H63N5O6/c1-12-25(4)34(41(9)32(44)23-38-37(46)33(24(2)3)40(7)8)30(47-10)22-31(43)42-20-16-19-29(42)35(48-11)27(6)36(45)39-26(5)21-28-17-14-13-15-18-28/h13-15,17-18,24-27,29-30,33-35H,12,16,19-23H2,1-11H3,(H,38,46)(H,39,45)/t25?,26-,27?,29?,30?,33?,34?,35?/m1/s1. The number of hydrogen-bond donors (Lipinski definition) is 2. The van der Waals surface area contributed by atoms with Gasteiger partial charge in [-0.05, 0) is 57.7 Å². The van der Waals surface area contributed by atoms with Crippen molar-refractivity contribution in [3.8, 4) is 0 Å². The molecule has 0 spiro atoms. The summed E-state index contributed by atoms with van der Waals surface area (Å²) in [5, 5.41) is 5.95.